The lowest BCUT2D eigenvalue weighted by Gasteiger charge is -2.34. The standard InChI is InChI=1S/C26H27F3N4O4S/c27-26(28,29)21-10-8-18(9-11-21)15-31-24(34)23-7-2-1-3-12-33(23)25(35)20-5-4-6-22(13-20)38(36,37)32-16-19(14-30)17-32/h4-6,8-11,13,19,23H,1-3,7,12,15-17H2,(H,31,34)/t23-/m0/s1. The number of hydrogen-bond donors (Lipinski definition) is 1. The maximum atomic E-state index is 13.5. The fourth-order valence-electron chi connectivity index (χ4n) is 4.56. The van der Waals surface area contributed by atoms with Gasteiger partial charge < -0.3 is 10.2 Å². The number of likely N-dealkylation sites (tertiary alicyclic amines) is 1. The molecule has 0 aromatic heterocycles. The molecule has 2 amide bonds. The van der Waals surface area contributed by atoms with Crippen LogP contribution < -0.4 is 5.32 Å². The Labute approximate surface area is 219 Å². The lowest BCUT2D eigenvalue weighted by molar-refractivity contribution is -0.137. The van der Waals surface area contributed by atoms with E-state index in [1.54, 1.807) is 0 Å². The van der Waals surface area contributed by atoms with Crippen molar-refractivity contribution < 1.29 is 31.2 Å². The number of carbonyl (C=O) groups is 2. The SMILES string of the molecule is N#CC1CN(S(=O)(=O)c2cccc(C(=O)N3CCCCC[C@H]3C(=O)NCc3ccc(C(F)(F)F)cc3)c2)C1. The summed E-state index contributed by atoms with van der Waals surface area (Å²) < 4.78 is 65.4. The van der Waals surface area contributed by atoms with Gasteiger partial charge in [-0.05, 0) is 48.7 Å². The molecule has 2 aromatic rings. The molecule has 1 N–H and O–H groups in total. The number of nitrogens with one attached hydrogen (secondary N) is 1. The number of hydrogen-bond acceptors (Lipinski definition) is 5. The summed E-state index contributed by atoms with van der Waals surface area (Å²) in [5.74, 6) is -1.25. The molecule has 2 aliphatic heterocycles. The van der Waals surface area contributed by atoms with Gasteiger partial charge in [0.05, 0.1) is 22.4 Å². The molecule has 202 valence electrons. The Morgan fingerprint density at radius 2 is 1.76 bits per heavy atom. The van der Waals surface area contributed by atoms with Gasteiger partial charge in [-0.1, -0.05) is 31.0 Å². The summed E-state index contributed by atoms with van der Waals surface area (Å²) in [4.78, 5) is 28.0. The number of halogens is 3. The van der Waals surface area contributed by atoms with Crippen molar-refractivity contribution in [3.05, 3.63) is 65.2 Å². The molecule has 38 heavy (non-hydrogen) atoms. The second-order valence-corrected chi connectivity index (χ2v) is 11.4. The predicted molar refractivity (Wildman–Crippen MR) is 131 cm³/mol. The van der Waals surface area contributed by atoms with Crippen molar-refractivity contribution in [1.82, 2.24) is 14.5 Å². The van der Waals surface area contributed by atoms with E-state index < -0.39 is 39.6 Å². The van der Waals surface area contributed by atoms with Crippen LogP contribution in [-0.4, -0.2) is 55.1 Å². The molecule has 2 aromatic carbocycles. The van der Waals surface area contributed by atoms with E-state index in [1.807, 2.05) is 6.07 Å². The van der Waals surface area contributed by atoms with E-state index in [4.69, 9.17) is 5.26 Å². The second kappa shape index (κ2) is 11.1. The van der Waals surface area contributed by atoms with E-state index >= 15 is 0 Å². The zero-order chi connectivity index (χ0) is 27.5. The van der Waals surface area contributed by atoms with Gasteiger partial charge in [0.2, 0.25) is 15.9 Å². The number of benzene rings is 2. The Hall–Kier alpha value is -3.43. The average Bonchev–Trinajstić information content (AvgIpc) is 3.12. The molecule has 0 bridgehead atoms. The normalized spacial score (nSPS) is 19.2. The Morgan fingerprint density at radius 1 is 1.05 bits per heavy atom. The zero-order valence-electron chi connectivity index (χ0n) is 20.4. The Kier molecular flexibility index (Phi) is 8.08. The van der Waals surface area contributed by atoms with Crippen LogP contribution in [0.4, 0.5) is 13.2 Å². The Morgan fingerprint density at radius 3 is 2.42 bits per heavy atom. The number of carbonyl (C=O) groups excluding carboxylic acids is 2. The van der Waals surface area contributed by atoms with Gasteiger partial charge in [0.15, 0.2) is 0 Å². The van der Waals surface area contributed by atoms with Gasteiger partial charge in [0, 0.05) is 31.7 Å². The van der Waals surface area contributed by atoms with E-state index in [2.05, 4.69) is 5.32 Å². The van der Waals surface area contributed by atoms with Gasteiger partial charge in [0.1, 0.15) is 6.04 Å². The van der Waals surface area contributed by atoms with Crippen LogP contribution in [-0.2, 0) is 27.5 Å². The summed E-state index contributed by atoms with van der Waals surface area (Å²) in [5, 5.41) is 11.7. The highest BCUT2D eigenvalue weighted by Gasteiger charge is 2.37. The minimum atomic E-state index is -4.45. The first-order valence-corrected chi connectivity index (χ1v) is 13.7. The Balaban J connectivity index is 1.47. The molecule has 2 aliphatic rings. The molecule has 0 spiro atoms. The minimum Gasteiger partial charge on any atom is -0.350 e. The van der Waals surface area contributed by atoms with Crippen LogP contribution >= 0.6 is 0 Å². The van der Waals surface area contributed by atoms with Crippen molar-refractivity contribution in [3.63, 3.8) is 0 Å². The maximum Gasteiger partial charge on any atom is 0.416 e. The average molecular weight is 549 g/mol. The monoisotopic (exact) mass is 548 g/mol. The fourth-order valence-corrected chi connectivity index (χ4v) is 6.14. The van der Waals surface area contributed by atoms with Crippen LogP contribution in [0.3, 0.4) is 0 Å². The smallest absolute Gasteiger partial charge is 0.350 e. The summed E-state index contributed by atoms with van der Waals surface area (Å²) in [6, 6.07) is 11.4. The topological polar surface area (TPSA) is 111 Å². The van der Waals surface area contributed by atoms with Crippen molar-refractivity contribution in [2.24, 2.45) is 5.92 Å². The molecule has 2 heterocycles. The molecule has 0 unspecified atom stereocenters. The highest BCUT2D eigenvalue weighted by atomic mass is 32.2. The fraction of sp³-hybridized carbons (Fsp3) is 0.423. The van der Waals surface area contributed by atoms with Gasteiger partial charge in [-0.3, -0.25) is 9.59 Å². The molecule has 0 radical (unpaired) electrons. The molecule has 2 saturated heterocycles. The largest absolute Gasteiger partial charge is 0.416 e. The second-order valence-electron chi connectivity index (χ2n) is 9.45. The molecule has 8 nitrogen and oxygen atoms in total. The lowest BCUT2D eigenvalue weighted by atomic mass is 10.1. The van der Waals surface area contributed by atoms with Gasteiger partial charge in [-0.2, -0.15) is 22.7 Å². The summed E-state index contributed by atoms with van der Waals surface area (Å²) >= 11 is 0. The molecule has 4 rings (SSSR count). The first-order chi connectivity index (χ1) is 18.0. The van der Waals surface area contributed by atoms with Gasteiger partial charge in [-0.25, -0.2) is 8.42 Å². The van der Waals surface area contributed by atoms with Gasteiger partial charge in [-0.15, -0.1) is 0 Å². The number of rotatable bonds is 6. The third kappa shape index (κ3) is 6.00. The maximum absolute atomic E-state index is 13.5. The highest BCUT2D eigenvalue weighted by Crippen LogP contribution is 2.29. The van der Waals surface area contributed by atoms with E-state index in [-0.39, 0.29) is 36.0 Å². The molecule has 1 atom stereocenters. The molecule has 12 heteroatoms. The van der Waals surface area contributed by atoms with E-state index in [0.717, 1.165) is 18.6 Å². The van der Waals surface area contributed by atoms with Crippen LogP contribution in [0, 0.1) is 17.2 Å². The molecule has 0 saturated carbocycles. The third-order valence-electron chi connectivity index (χ3n) is 6.81. The van der Waals surface area contributed by atoms with Crippen LogP contribution in [0.1, 0.15) is 47.2 Å². The number of nitriles is 1. The number of alkyl halides is 3. The summed E-state index contributed by atoms with van der Waals surface area (Å²) in [7, 11) is -3.86. The van der Waals surface area contributed by atoms with Crippen LogP contribution in [0.5, 0.6) is 0 Å². The van der Waals surface area contributed by atoms with E-state index in [1.165, 1.54) is 45.6 Å². The lowest BCUT2D eigenvalue weighted by Crippen LogP contribution is -2.49. The first-order valence-electron chi connectivity index (χ1n) is 12.3. The summed E-state index contributed by atoms with van der Waals surface area (Å²) in [6.45, 7) is 0.515. The number of sulfonamides is 1. The molecular formula is C26H27F3N4O4S. The van der Waals surface area contributed by atoms with E-state index in [0.29, 0.717) is 31.4 Å². The Bertz CT molecular complexity index is 1330. The molecular weight excluding hydrogens is 521 g/mol. The highest BCUT2D eigenvalue weighted by molar-refractivity contribution is 7.89. The summed E-state index contributed by atoms with van der Waals surface area (Å²) in [5.41, 5.74) is -0.164. The van der Waals surface area contributed by atoms with Crippen molar-refractivity contribution in [3.8, 4) is 6.07 Å². The molecule has 2 fully saturated rings. The van der Waals surface area contributed by atoms with Crippen molar-refractivity contribution in [2.45, 2.75) is 49.3 Å². The van der Waals surface area contributed by atoms with Crippen molar-refractivity contribution in [2.75, 3.05) is 19.6 Å². The summed E-state index contributed by atoms with van der Waals surface area (Å²) in [6.07, 6.45) is -1.84. The molecule has 0 aliphatic carbocycles. The van der Waals surface area contributed by atoms with E-state index in [9.17, 15) is 31.2 Å². The number of amides is 2. The van der Waals surface area contributed by atoms with Crippen molar-refractivity contribution in [1.29, 1.82) is 5.26 Å². The van der Waals surface area contributed by atoms with Gasteiger partial charge >= 0.3 is 6.18 Å². The first kappa shape index (κ1) is 27.6. The van der Waals surface area contributed by atoms with Crippen LogP contribution in [0.15, 0.2) is 53.4 Å². The third-order valence-corrected chi connectivity index (χ3v) is 8.64. The zero-order valence-corrected chi connectivity index (χ0v) is 21.3. The minimum absolute atomic E-state index is 0.00273. The predicted octanol–water partition coefficient (Wildman–Crippen LogP) is 3.55. The quantitative estimate of drug-likeness (QED) is 0.594. The van der Waals surface area contributed by atoms with Crippen LogP contribution in [0.25, 0.3) is 0 Å². The van der Waals surface area contributed by atoms with Gasteiger partial charge in [0.25, 0.3) is 5.91 Å². The van der Waals surface area contributed by atoms with Crippen LogP contribution in [0.2, 0.25) is 0 Å². The number of nitrogens with zero attached hydrogens (tertiary/aromatic N) is 3. The van der Waals surface area contributed by atoms with Crippen molar-refractivity contribution >= 4 is 21.8 Å².